The number of aryl methyl sites for hydroxylation is 1. The Hall–Kier alpha value is -2.93. The Labute approximate surface area is 149 Å². The molecule has 1 atom stereocenters. The van der Waals surface area contributed by atoms with Gasteiger partial charge in [-0.25, -0.2) is 0 Å². The summed E-state index contributed by atoms with van der Waals surface area (Å²) in [4.78, 5) is 35.0. The van der Waals surface area contributed by atoms with Crippen molar-refractivity contribution in [1.29, 1.82) is 0 Å². The molecule has 0 aliphatic heterocycles. The van der Waals surface area contributed by atoms with Crippen molar-refractivity contribution in [1.82, 2.24) is 5.32 Å². The summed E-state index contributed by atoms with van der Waals surface area (Å²) >= 11 is 5.78. The van der Waals surface area contributed by atoms with E-state index < -0.39 is 22.8 Å². The number of benzene rings is 2. The van der Waals surface area contributed by atoms with Gasteiger partial charge < -0.3 is 10.6 Å². The first-order valence-corrected chi connectivity index (χ1v) is 7.78. The Bertz CT molecular complexity index is 821. The van der Waals surface area contributed by atoms with Crippen molar-refractivity contribution in [2.45, 2.75) is 19.9 Å². The van der Waals surface area contributed by atoms with E-state index in [1.807, 2.05) is 0 Å². The van der Waals surface area contributed by atoms with E-state index in [1.165, 1.54) is 13.0 Å². The van der Waals surface area contributed by atoms with Gasteiger partial charge in [-0.3, -0.25) is 19.7 Å². The molecule has 2 rings (SSSR count). The lowest BCUT2D eigenvalue weighted by atomic mass is 10.1. The van der Waals surface area contributed by atoms with Gasteiger partial charge in [-0.1, -0.05) is 23.7 Å². The molecule has 0 saturated carbocycles. The Balaban J connectivity index is 2.10. The Morgan fingerprint density at radius 3 is 2.40 bits per heavy atom. The lowest BCUT2D eigenvalue weighted by molar-refractivity contribution is -0.385. The fourth-order valence-corrected chi connectivity index (χ4v) is 2.33. The summed E-state index contributed by atoms with van der Waals surface area (Å²) in [6.07, 6.45) is 0. The van der Waals surface area contributed by atoms with Gasteiger partial charge in [0.25, 0.3) is 11.6 Å². The van der Waals surface area contributed by atoms with Crippen molar-refractivity contribution in [3.8, 4) is 0 Å². The highest BCUT2D eigenvalue weighted by Gasteiger charge is 2.25. The van der Waals surface area contributed by atoms with Crippen molar-refractivity contribution >= 4 is 34.8 Å². The molecule has 0 bridgehead atoms. The fourth-order valence-electron chi connectivity index (χ4n) is 2.21. The molecule has 2 aromatic carbocycles. The number of hydrogen-bond donors (Lipinski definition) is 2. The number of nitro benzene ring substituents is 1. The number of hydrogen-bond acceptors (Lipinski definition) is 4. The zero-order valence-electron chi connectivity index (χ0n) is 13.6. The summed E-state index contributed by atoms with van der Waals surface area (Å²) in [5.41, 5.74) is 0.536. The Morgan fingerprint density at radius 1 is 1.16 bits per heavy atom. The minimum atomic E-state index is -0.886. The number of amides is 2. The Morgan fingerprint density at radius 2 is 1.80 bits per heavy atom. The van der Waals surface area contributed by atoms with Crippen LogP contribution in [0.5, 0.6) is 0 Å². The van der Waals surface area contributed by atoms with E-state index in [0.717, 1.165) is 0 Å². The van der Waals surface area contributed by atoms with Crippen LogP contribution in [-0.2, 0) is 4.79 Å². The van der Waals surface area contributed by atoms with Gasteiger partial charge in [-0.15, -0.1) is 0 Å². The minimum absolute atomic E-state index is 0.0869. The molecule has 2 N–H and O–H groups in total. The summed E-state index contributed by atoms with van der Waals surface area (Å²) in [5.74, 6) is -1.14. The molecular weight excluding hydrogens is 346 g/mol. The molecule has 2 aromatic rings. The molecule has 2 amide bonds. The zero-order chi connectivity index (χ0) is 18.6. The third kappa shape index (κ3) is 4.54. The van der Waals surface area contributed by atoms with Gasteiger partial charge in [0.2, 0.25) is 5.91 Å². The third-order valence-corrected chi connectivity index (χ3v) is 3.77. The van der Waals surface area contributed by atoms with Gasteiger partial charge in [-0.05, 0) is 44.2 Å². The maximum atomic E-state index is 12.3. The summed E-state index contributed by atoms with van der Waals surface area (Å²) in [7, 11) is 0. The van der Waals surface area contributed by atoms with Crippen molar-refractivity contribution in [3.05, 3.63) is 68.7 Å². The van der Waals surface area contributed by atoms with Crippen LogP contribution in [0.4, 0.5) is 11.4 Å². The molecule has 0 spiro atoms. The number of nitro groups is 1. The molecule has 7 nitrogen and oxygen atoms in total. The molecule has 0 fully saturated rings. The van der Waals surface area contributed by atoms with E-state index in [4.69, 9.17) is 11.6 Å². The summed E-state index contributed by atoms with van der Waals surface area (Å²) in [5, 5.41) is 16.8. The third-order valence-electron chi connectivity index (χ3n) is 3.52. The van der Waals surface area contributed by atoms with Crippen LogP contribution in [0.2, 0.25) is 5.02 Å². The first kappa shape index (κ1) is 18.4. The van der Waals surface area contributed by atoms with Crippen LogP contribution >= 0.6 is 11.6 Å². The van der Waals surface area contributed by atoms with Crippen LogP contribution in [-0.4, -0.2) is 22.8 Å². The largest absolute Gasteiger partial charge is 0.340 e. The van der Waals surface area contributed by atoms with Crippen molar-refractivity contribution < 1.29 is 14.5 Å². The predicted octanol–water partition coefficient (Wildman–Crippen LogP) is 3.31. The van der Waals surface area contributed by atoms with Crippen LogP contribution in [0.1, 0.15) is 22.8 Å². The average molecular weight is 362 g/mol. The number of nitrogens with zero attached hydrogens (tertiary/aromatic N) is 1. The number of para-hydroxylation sites is 1. The highest BCUT2D eigenvalue weighted by Crippen LogP contribution is 2.23. The molecule has 130 valence electrons. The number of anilines is 1. The van der Waals surface area contributed by atoms with E-state index in [-0.39, 0.29) is 11.3 Å². The molecule has 8 heteroatoms. The van der Waals surface area contributed by atoms with Crippen LogP contribution in [0.3, 0.4) is 0 Å². The normalized spacial score (nSPS) is 11.5. The molecule has 0 aliphatic carbocycles. The highest BCUT2D eigenvalue weighted by atomic mass is 35.5. The molecule has 0 aliphatic rings. The van der Waals surface area contributed by atoms with E-state index in [1.54, 1.807) is 43.3 Å². The fraction of sp³-hybridized carbons (Fsp3) is 0.176. The molecular formula is C17H16ClN3O4. The van der Waals surface area contributed by atoms with Gasteiger partial charge in [0.15, 0.2) is 0 Å². The topological polar surface area (TPSA) is 101 Å². The van der Waals surface area contributed by atoms with Crippen molar-refractivity contribution in [2.75, 3.05) is 5.32 Å². The van der Waals surface area contributed by atoms with Gasteiger partial charge >= 0.3 is 0 Å². The zero-order valence-corrected chi connectivity index (χ0v) is 14.3. The van der Waals surface area contributed by atoms with E-state index in [0.29, 0.717) is 16.3 Å². The maximum Gasteiger partial charge on any atom is 0.285 e. The summed E-state index contributed by atoms with van der Waals surface area (Å²) in [6.45, 7) is 3.04. The second-order valence-corrected chi connectivity index (χ2v) is 5.86. The minimum Gasteiger partial charge on any atom is -0.340 e. The lowest BCUT2D eigenvalue weighted by Crippen LogP contribution is -2.41. The Kier molecular flexibility index (Phi) is 5.71. The highest BCUT2D eigenvalue weighted by molar-refractivity contribution is 6.30. The van der Waals surface area contributed by atoms with Gasteiger partial charge in [0.1, 0.15) is 11.6 Å². The molecule has 0 unspecified atom stereocenters. The van der Waals surface area contributed by atoms with Crippen molar-refractivity contribution in [2.24, 2.45) is 0 Å². The van der Waals surface area contributed by atoms with E-state index in [9.17, 15) is 19.7 Å². The maximum absolute atomic E-state index is 12.3. The second kappa shape index (κ2) is 7.76. The smallest absolute Gasteiger partial charge is 0.285 e. The molecule has 0 aromatic heterocycles. The monoisotopic (exact) mass is 361 g/mol. The van der Waals surface area contributed by atoms with Crippen LogP contribution in [0, 0.1) is 17.0 Å². The SMILES string of the molecule is Cc1cccc(C(=O)N[C@@H](C)C(=O)Nc2ccc(Cl)cc2)c1[N+](=O)[O-]. The van der Waals surface area contributed by atoms with Crippen LogP contribution < -0.4 is 10.6 Å². The first-order chi connectivity index (χ1) is 11.8. The van der Waals surface area contributed by atoms with E-state index >= 15 is 0 Å². The standard InChI is InChI=1S/C17H16ClN3O4/c1-10-4-3-5-14(15(10)21(24)25)17(23)19-11(2)16(22)20-13-8-6-12(18)7-9-13/h3-9,11H,1-2H3,(H,19,23)(H,20,22)/t11-/m0/s1. The molecule has 0 heterocycles. The molecule has 25 heavy (non-hydrogen) atoms. The molecule has 0 saturated heterocycles. The van der Waals surface area contributed by atoms with Gasteiger partial charge in [0, 0.05) is 16.3 Å². The quantitative estimate of drug-likeness (QED) is 0.630. The lowest BCUT2D eigenvalue weighted by Gasteiger charge is -2.14. The second-order valence-electron chi connectivity index (χ2n) is 5.42. The number of nitrogens with one attached hydrogen (secondary N) is 2. The number of carbonyl (C=O) groups excluding carboxylic acids is 2. The first-order valence-electron chi connectivity index (χ1n) is 7.41. The van der Waals surface area contributed by atoms with Crippen LogP contribution in [0.25, 0.3) is 0 Å². The molecule has 0 radical (unpaired) electrons. The number of halogens is 1. The number of carbonyl (C=O) groups is 2. The van der Waals surface area contributed by atoms with Gasteiger partial charge in [-0.2, -0.15) is 0 Å². The predicted molar refractivity (Wildman–Crippen MR) is 94.8 cm³/mol. The summed E-state index contributed by atoms with van der Waals surface area (Å²) in [6, 6.07) is 10.1. The van der Waals surface area contributed by atoms with Gasteiger partial charge in [0.05, 0.1) is 4.92 Å². The number of rotatable bonds is 5. The van der Waals surface area contributed by atoms with E-state index in [2.05, 4.69) is 10.6 Å². The van der Waals surface area contributed by atoms with Crippen molar-refractivity contribution in [3.63, 3.8) is 0 Å². The average Bonchev–Trinajstić information content (AvgIpc) is 2.56. The summed E-state index contributed by atoms with van der Waals surface area (Å²) < 4.78 is 0. The van der Waals surface area contributed by atoms with Crippen LogP contribution in [0.15, 0.2) is 42.5 Å².